The van der Waals surface area contributed by atoms with Crippen molar-refractivity contribution in [1.82, 2.24) is 15.0 Å². The Kier molecular flexibility index (Phi) is 6.57. The van der Waals surface area contributed by atoms with Crippen molar-refractivity contribution in [3.63, 3.8) is 0 Å². The van der Waals surface area contributed by atoms with Crippen LogP contribution in [0.5, 0.6) is 0 Å². The molecule has 2 heterocycles. The van der Waals surface area contributed by atoms with E-state index >= 15 is 4.39 Å². The lowest BCUT2D eigenvalue weighted by molar-refractivity contribution is 0.00578. The highest BCUT2D eigenvalue weighted by atomic mass is 19.1. The second-order valence-electron chi connectivity index (χ2n) is 10.9. The van der Waals surface area contributed by atoms with Gasteiger partial charge in [0.25, 0.3) is 0 Å². The van der Waals surface area contributed by atoms with E-state index in [-0.39, 0.29) is 11.4 Å². The molecule has 1 aromatic heterocycles. The highest BCUT2D eigenvalue weighted by Gasteiger charge is 2.51. The lowest BCUT2D eigenvalue weighted by atomic mass is 9.78. The smallest absolute Gasteiger partial charge is 0.399 e. The van der Waals surface area contributed by atoms with Crippen LogP contribution in [0.15, 0.2) is 103 Å². The van der Waals surface area contributed by atoms with Gasteiger partial charge in [0.1, 0.15) is 5.82 Å². The molecule has 6 rings (SSSR count). The third kappa shape index (κ3) is 4.94. The Hall–Kier alpha value is -4.20. The van der Waals surface area contributed by atoms with E-state index in [0.29, 0.717) is 17.1 Å². The van der Waals surface area contributed by atoms with Gasteiger partial charge in [0.2, 0.25) is 0 Å². The number of halogens is 1. The minimum Gasteiger partial charge on any atom is -0.399 e. The van der Waals surface area contributed by atoms with Gasteiger partial charge in [-0.15, -0.1) is 0 Å². The molecule has 1 fully saturated rings. The third-order valence-electron chi connectivity index (χ3n) is 7.67. The molecular formula is C33H29BFN3O2. The molecule has 198 valence electrons. The highest BCUT2D eigenvalue weighted by Crippen LogP contribution is 2.37. The average molecular weight is 529 g/mol. The summed E-state index contributed by atoms with van der Waals surface area (Å²) in [6, 6.07) is 32.6. The van der Waals surface area contributed by atoms with E-state index < -0.39 is 24.1 Å². The van der Waals surface area contributed by atoms with Crippen LogP contribution in [0.2, 0.25) is 0 Å². The summed E-state index contributed by atoms with van der Waals surface area (Å²) in [6.07, 6.45) is 0. The number of aromatic nitrogens is 3. The molecule has 5 aromatic rings. The van der Waals surface area contributed by atoms with Crippen LogP contribution in [0.1, 0.15) is 27.7 Å². The van der Waals surface area contributed by atoms with Crippen molar-refractivity contribution in [3.8, 4) is 45.3 Å². The summed E-state index contributed by atoms with van der Waals surface area (Å²) in [4.78, 5) is 14.2. The lowest BCUT2D eigenvalue weighted by Crippen LogP contribution is -2.41. The zero-order valence-electron chi connectivity index (χ0n) is 22.9. The fourth-order valence-electron chi connectivity index (χ4n) is 4.62. The number of hydrogen-bond acceptors (Lipinski definition) is 5. The van der Waals surface area contributed by atoms with Gasteiger partial charge in [-0.25, -0.2) is 19.3 Å². The summed E-state index contributed by atoms with van der Waals surface area (Å²) in [5.74, 6) is 0.736. The largest absolute Gasteiger partial charge is 0.494 e. The second-order valence-corrected chi connectivity index (χ2v) is 10.9. The van der Waals surface area contributed by atoms with Crippen LogP contribution in [-0.4, -0.2) is 33.3 Å². The molecule has 0 aliphatic carbocycles. The lowest BCUT2D eigenvalue weighted by Gasteiger charge is -2.32. The van der Waals surface area contributed by atoms with Crippen molar-refractivity contribution >= 4 is 12.6 Å². The zero-order valence-corrected chi connectivity index (χ0v) is 22.9. The van der Waals surface area contributed by atoms with Crippen molar-refractivity contribution in [3.05, 3.63) is 109 Å². The molecule has 0 amide bonds. The highest BCUT2D eigenvalue weighted by molar-refractivity contribution is 6.62. The summed E-state index contributed by atoms with van der Waals surface area (Å²) in [5.41, 5.74) is 3.76. The zero-order chi connectivity index (χ0) is 27.9. The molecule has 4 aromatic carbocycles. The van der Waals surface area contributed by atoms with Crippen LogP contribution >= 0.6 is 0 Å². The van der Waals surface area contributed by atoms with Gasteiger partial charge in [0.15, 0.2) is 17.5 Å². The van der Waals surface area contributed by atoms with Crippen LogP contribution in [0, 0.1) is 5.82 Å². The van der Waals surface area contributed by atoms with Gasteiger partial charge in [0, 0.05) is 11.1 Å². The first-order valence-corrected chi connectivity index (χ1v) is 13.3. The Morgan fingerprint density at radius 1 is 0.550 bits per heavy atom. The maximum absolute atomic E-state index is 15.4. The Morgan fingerprint density at radius 2 is 1.00 bits per heavy atom. The van der Waals surface area contributed by atoms with Crippen molar-refractivity contribution < 1.29 is 13.7 Å². The van der Waals surface area contributed by atoms with E-state index in [1.165, 1.54) is 6.07 Å². The molecule has 1 aliphatic heterocycles. The van der Waals surface area contributed by atoms with Crippen LogP contribution in [0.25, 0.3) is 45.3 Å². The van der Waals surface area contributed by atoms with E-state index in [9.17, 15) is 0 Å². The van der Waals surface area contributed by atoms with E-state index in [0.717, 1.165) is 22.3 Å². The maximum Gasteiger partial charge on any atom is 0.494 e. The normalized spacial score (nSPS) is 15.8. The molecule has 0 atom stereocenters. The quantitative estimate of drug-likeness (QED) is 0.230. The number of hydrogen-bond donors (Lipinski definition) is 0. The summed E-state index contributed by atoms with van der Waals surface area (Å²) in [5, 5.41) is 0. The summed E-state index contributed by atoms with van der Waals surface area (Å²) in [7, 11) is -0.634. The van der Waals surface area contributed by atoms with Gasteiger partial charge in [-0.05, 0) is 56.4 Å². The van der Waals surface area contributed by atoms with Crippen molar-refractivity contribution in [2.75, 3.05) is 0 Å². The minimum atomic E-state index is -0.634. The first kappa shape index (κ1) is 26.0. The fraction of sp³-hybridized carbons (Fsp3) is 0.182. The minimum absolute atomic E-state index is 0.242. The number of nitrogens with zero attached hydrogens (tertiary/aromatic N) is 3. The first-order chi connectivity index (χ1) is 19.2. The maximum atomic E-state index is 15.4. The molecule has 7 heteroatoms. The third-order valence-corrected chi connectivity index (χ3v) is 7.67. The molecule has 0 radical (unpaired) electrons. The van der Waals surface area contributed by atoms with Gasteiger partial charge in [-0.3, -0.25) is 0 Å². The monoisotopic (exact) mass is 529 g/mol. The predicted molar refractivity (Wildman–Crippen MR) is 157 cm³/mol. The standard InChI is InChI=1S/C33H29BFN3O2/c1-32(2)33(3,4)40-34(39-32)26-19-20-28(35)27(21-26)31-37-29(24-13-9-6-10-14-24)36-30(38-31)25-17-15-23(16-18-25)22-11-7-5-8-12-22/h5-21H,1-4H3. The van der Waals surface area contributed by atoms with Gasteiger partial charge in [-0.1, -0.05) is 91.0 Å². The van der Waals surface area contributed by atoms with Crippen molar-refractivity contribution in [2.24, 2.45) is 0 Å². The van der Waals surface area contributed by atoms with Gasteiger partial charge in [0.05, 0.1) is 16.8 Å². The molecule has 0 unspecified atom stereocenters. The topological polar surface area (TPSA) is 57.1 Å². The van der Waals surface area contributed by atoms with Crippen LogP contribution in [-0.2, 0) is 9.31 Å². The number of rotatable bonds is 5. The molecule has 0 saturated carbocycles. The molecule has 1 aliphatic rings. The number of benzene rings is 4. The Balaban J connectivity index is 1.44. The van der Waals surface area contributed by atoms with Crippen LogP contribution < -0.4 is 5.46 Å². The molecule has 1 saturated heterocycles. The summed E-state index contributed by atoms with van der Waals surface area (Å²) in [6.45, 7) is 7.96. The Bertz CT molecular complexity index is 1640. The van der Waals surface area contributed by atoms with E-state index in [2.05, 4.69) is 12.1 Å². The fourth-order valence-corrected chi connectivity index (χ4v) is 4.62. The molecule has 0 spiro atoms. The Labute approximate surface area is 234 Å². The first-order valence-electron chi connectivity index (χ1n) is 13.3. The van der Waals surface area contributed by atoms with Gasteiger partial charge in [-0.2, -0.15) is 0 Å². The molecule has 0 bridgehead atoms. The molecular weight excluding hydrogens is 500 g/mol. The van der Waals surface area contributed by atoms with Crippen LogP contribution in [0.3, 0.4) is 0 Å². The summed E-state index contributed by atoms with van der Waals surface area (Å²) < 4.78 is 27.8. The molecule has 40 heavy (non-hydrogen) atoms. The van der Waals surface area contributed by atoms with E-state index in [1.54, 1.807) is 12.1 Å². The van der Waals surface area contributed by atoms with Crippen LogP contribution in [0.4, 0.5) is 4.39 Å². The SMILES string of the molecule is CC1(C)OB(c2ccc(F)c(-c3nc(-c4ccccc4)nc(-c4ccc(-c5ccccc5)cc4)n3)c2)OC1(C)C. The second kappa shape index (κ2) is 10.1. The van der Waals surface area contributed by atoms with Crippen molar-refractivity contribution in [2.45, 2.75) is 38.9 Å². The van der Waals surface area contributed by atoms with Crippen molar-refractivity contribution in [1.29, 1.82) is 0 Å². The van der Waals surface area contributed by atoms with Gasteiger partial charge >= 0.3 is 7.12 Å². The molecule has 5 nitrogen and oxygen atoms in total. The Morgan fingerprint density at radius 3 is 1.57 bits per heavy atom. The molecule has 0 N–H and O–H groups in total. The van der Waals surface area contributed by atoms with E-state index in [1.807, 2.05) is 100 Å². The average Bonchev–Trinajstić information content (AvgIpc) is 3.20. The van der Waals surface area contributed by atoms with E-state index in [4.69, 9.17) is 24.3 Å². The van der Waals surface area contributed by atoms with Gasteiger partial charge < -0.3 is 9.31 Å². The summed E-state index contributed by atoms with van der Waals surface area (Å²) >= 11 is 0. The predicted octanol–water partition coefficient (Wildman–Crippen LogP) is 6.98.